The second-order valence-electron chi connectivity index (χ2n) is 11.4. The Morgan fingerprint density at radius 3 is 2.31 bits per heavy atom. The van der Waals surface area contributed by atoms with Crippen molar-refractivity contribution in [2.24, 2.45) is 23.2 Å². The average molecular weight is 475 g/mol. The van der Waals surface area contributed by atoms with Gasteiger partial charge in [-0.15, -0.1) is 0 Å². The first kappa shape index (κ1) is 23.6. The summed E-state index contributed by atoms with van der Waals surface area (Å²) < 4.78 is 0. The van der Waals surface area contributed by atoms with Gasteiger partial charge in [0, 0.05) is 12.6 Å². The zero-order chi connectivity index (χ0) is 24.8. The van der Waals surface area contributed by atoms with Crippen LogP contribution in [0.1, 0.15) is 67.4 Å². The molecule has 184 valence electrons. The topological polar surface area (TPSA) is 95.5 Å². The molecule has 3 N–H and O–H groups in total. The van der Waals surface area contributed by atoms with Crippen molar-refractivity contribution in [1.29, 1.82) is 0 Å². The van der Waals surface area contributed by atoms with E-state index in [1.807, 2.05) is 50.2 Å². The number of carboxylic acid groups (broad SMARTS) is 1. The highest BCUT2D eigenvalue weighted by Crippen LogP contribution is 2.60. The van der Waals surface area contributed by atoms with Crippen LogP contribution in [0.5, 0.6) is 0 Å². The maximum absolute atomic E-state index is 13.4. The summed E-state index contributed by atoms with van der Waals surface area (Å²) in [5.41, 5.74) is 1.02. The van der Waals surface area contributed by atoms with Gasteiger partial charge < -0.3 is 15.7 Å². The molecular formula is C29H34N2O4. The van der Waals surface area contributed by atoms with E-state index >= 15 is 0 Å². The monoisotopic (exact) mass is 474 g/mol. The number of aromatic carboxylic acids is 1. The first-order valence-electron chi connectivity index (χ1n) is 12.6. The van der Waals surface area contributed by atoms with E-state index in [-0.39, 0.29) is 28.8 Å². The molecule has 0 spiro atoms. The lowest BCUT2D eigenvalue weighted by Gasteiger charge is -2.59. The minimum absolute atomic E-state index is 0.0537. The predicted octanol–water partition coefficient (Wildman–Crippen LogP) is 4.29. The molecule has 2 atom stereocenters. The molecular weight excluding hydrogens is 440 g/mol. The van der Waals surface area contributed by atoms with Gasteiger partial charge in [0.25, 0.3) is 0 Å². The second kappa shape index (κ2) is 8.81. The number of hydrogen-bond donors (Lipinski definition) is 3. The van der Waals surface area contributed by atoms with E-state index in [1.54, 1.807) is 18.2 Å². The molecule has 35 heavy (non-hydrogen) atoms. The first-order valence-corrected chi connectivity index (χ1v) is 12.6. The van der Waals surface area contributed by atoms with Gasteiger partial charge in [-0.2, -0.15) is 0 Å². The Hall–Kier alpha value is -3.15. The molecule has 4 aliphatic carbocycles. The van der Waals surface area contributed by atoms with Crippen molar-refractivity contribution in [3.05, 3.63) is 71.3 Å². The highest BCUT2D eigenvalue weighted by molar-refractivity contribution is 5.88. The van der Waals surface area contributed by atoms with E-state index in [2.05, 4.69) is 10.6 Å². The number of carbonyl (C=O) groups excluding carboxylic acids is 2. The number of carboxylic acids is 1. The van der Waals surface area contributed by atoms with E-state index in [1.165, 1.54) is 0 Å². The fraction of sp³-hybridized carbons (Fsp3) is 0.483. The Labute approximate surface area is 206 Å². The van der Waals surface area contributed by atoms with Crippen LogP contribution in [0, 0.1) is 23.2 Å². The predicted molar refractivity (Wildman–Crippen MR) is 133 cm³/mol. The standard InChI is InChI=1S/C29H34N2O4/c1-28(2,23-9-4-3-5-10-23)26(34)31-24-21-12-19-13-22(24)16-29(14-19,15-21)27(35)30-17-18-7-6-8-20(11-18)25(32)33/h3-11,19,21-22,24H,12-17H2,1-2H3,(H,30,35)(H,31,34)(H,32,33). The molecule has 0 aliphatic heterocycles. The summed E-state index contributed by atoms with van der Waals surface area (Å²) in [6.07, 6.45) is 4.67. The van der Waals surface area contributed by atoms with Gasteiger partial charge in [0.05, 0.1) is 16.4 Å². The van der Waals surface area contributed by atoms with Crippen LogP contribution < -0.4 is 10.6 Å². The van der Waals surface area contributed by atoms with Gasteiger partial charge in [0.15, 0.2) is 0 Å². The minimum Gasteiger partial charge on any atom is -0.478 e. The molecule has 6 heteroatoms. The highest BCUT2D eigenvalue weighted by atomic mass is 16.4. The summed E-state index contributed by atoms with van der Waals surface area (Å²) in [7, 11) is 0. The molecule has 0 aromatic heterocycles. The molecule has 0 saturated heterocycles. The molecule has 6 rings (SSSR count). The number of nitrogens with one attached hydrogen (secondary N) is 2. The van der Waals surface area contributed by atoms with Crippen molar-refractivity contribution >= 4 is 17.8 Å². The largest absolute Gasteiger partial charge is 0.478 e. The van der Waals surface area contributed by atoms with Gasteiger partial charge in [-0.3, -0.25) is 9.59 Å². The highest BCUT2D eigenvalue weighted by Gasteiger charge is 2.58. The summed E-state index contributed by atoms with van der Waals surface area (Å²) in [6.45, 7) is 4.28. The van der Waals surface area contributed by atoms with Crippen LogP contribution in [0.4, 0.5) is 0 Å². The zero-order valence-electron chi connectivity index (χ0n) is 20.4. The van der Waals surface area contributed by atoms with Crippen molar-refractivity contribution in [2.45, 2.75) is 64.0 Å². The molecule has 4 bridgehead atoms. The van der Waals surface area contributed by atoms with Crippen LogP contribution in [0.25, 0.3) is 0 Å². The minimum atomic E-state index is -0.970. The molecule has 4 aliphatic rings. The fourth-order valence-electron chi connectivity index (χ4n) is 7.04. The van der Waals surface area contributed by atoms with Gasteiger partial charge >= 0.3 is 5.97 Å². The van der Waals surface area contributed by atoms with Crippen molar-refractivity contribution < 1.29 is 19.5 Å². The summed E-state index contributed by atoms with van der Waals surface area (Å²) >= 11 is 0. The van der Waals surface area contributed by atoms with Gasteiger partial charge in [-0.25, -0.2) is 4.79 Å². The summed E-state index contributed by atoms with van der Waals surface area (Å²) in [4.78, 5) is 38.1. The van der Waals surface area contributed by atoms with Crippen LogP contribution in [-0.2, 0) is 21.5 Å². The fourth-order valence-corrected chi connectivity index (χ4v) is 7.04. The third-order valence-electron chi connectivity index (χ3n) is 8.74. The Morgan fingerprint density at radius 2 is 1.66 bits per heavy atom. The maximum Gasteiger partial charge on any atom is 0.335 e. The van der Waals surface area contributed by atoms with Crippen LogP contribution >= 0.6 is 0 Å². The summed E-state index contributed by atoms with van der Waals surface area (Å²) in [6, 6.07) is 16.7. The van der Waals surface area contributed by atoms with Crippen LogP contribution in [0.15, 0.2) is 54.6 Å². The van der Waals surface area contributed by atoms with Crippen molar-refractivity contribution in [2.75, 3.05) is 0 Å². The van der Waals surface area contributed by atoms with E-state index < -0.39 is 11.4 Å². The lowest BCUT2D eigenvalue weighted by Crippen LogP contribution is -2.63. The van der Waals surface area contributed by atoms with Gasteiger partial charge in [0.1, 0.15) is 0 Å². The quantitative estimate of drug-likeness (QED) is 0.558. The van der Waals surface area contributed by atoms with Crippen LogP contribution in [0.2, 0.25) is 0 Å². The van der Waals surface area contributed by atoms with Crippen molar-refractivity contribution in [1.82, 2.24) is 10.6 Å². The lowest BCUT2D eigenvalue weighted by atomic mass is 9.47. The zero-order valence-corrected chi connectivity index (χ0v) is 20.4. The SMILES string of the molecule is CC(C)(C(=O)NC1C2CC3CC1CC(C(=O)NCc1cccc(C(=O)O)c1)(C3)C2)c1ccccc1. The smallest absolute Gasteiger partial charge is 0.335 e. The number of carbonyl (C=O) groups is 3. The van der Waals surface area contributed by atoms with E-state index in [0.29, 0.717) is 24.3 Å². The Kier molecular flexibility index (Phi) is 5.94. The Bertz CT molecular complexity index is 1130. The molecule has 6 nitrogen and oxygen atoms in total. The first-order chi connectivity index (χ1) is 16.7. The van der Waals surface area contributed by atoms with E-state index in [4.69, 9.17) is 0 Å². The summed E-state index contributed by atoms with van der Waals surface area (Å²) in [5, 5.41) is 15.7. The number of amides is 2. The number of benzene rings is 2. The van der Waals surface area contributed by atoms with Crippen LogP contribution in [-0.4, -0.2) is 28.9 Å². The Balaban J connectivity index is 1.26. The second-order valence-corrected chi connectivity index (χ2v) is 11.4. The molecule has 2 aromatic rings. The molecule has 0 radical (unpaired) electrons. The third-order valence-corrected chi connectivity index (χ3v) is 8.74. The van der Waals surface area contributed by atoms with E-state index in [9.17, 15) is 19.5 Å². The molecule has 4 fully saturated rings. The van der Waals surface area contributed by atoms with Crippen LogP contribution in [0.3, 0.4) is 0 Å². The van der Waals surface area contributed by atoms with Crippen molar-refractivity contribution in [3.8, 4) is 0 Å². The van der Waals surface area contributed by atoms with E-state index in [0.717, 1.165) is 43.2 Å². The normalized spacial score (nSPS) is 29.0. The molecule has 0 heterocycles. The Morgan fingerprint density at radius 1 is 0.971 bits per heavy atom. The molecule has 2 unspecified atom stereocenters. The average Bonchev–Trinajstić information content (AvgIpc) is 2.84. The van der Waals surface area contributed by atoms with Gasteiger partial charge in [-0.05, 0) is 87.0 Å². The van der Waals surface area contributed by atoms with Crippen molar-refractivity contribution in [3.63, 3.8) is 0 Å². The number of rotatable bonds is 7. The lowest BCUT2D eigenvalue weighted by molar-refractivity contribution is -0.151. The molecule has 2 aromatic carbocycles. The number of hydrogen-bond acceptors (Lipinski definition) is 3. The molecule has 2 amide bonds. The molecule has 4 saturated carbocycles. The maximum atomic E-state index is 13.4. The van der Waals surface area contributed by atoms with Gasteiger partial charge in [-0.1, -0.05) is 42.5 Å². The summed E-state index contributed by atoms with van der Waals surface area (Å²) in [5.74, 6) is 0.326. The van der Waals surface area contributed by atoms with Gasteiger partial charge in [0.2, 0.25) is 11.8 Å². The third kappa shape index (κ3) is 4.35.